The lowest BCUT2D eigenvalue weighted by Gasteiger charge is -2.39. The van der Waals surface area contributed by atoms with Gasteiger partial charge in [-0.2, -0.15) is 5.10 Å². The fourth-order valence-corrected chi connectivity index (χ4v) is 3.33. The first-order valence-corrected chi connectivity index (χ1v) is 6.79. The molecule has 1 aromatic rings. The number of aliphatic hydroxyl groups excluding tert-OH is 1. The summed E-state index contributed by atoms with van der Waals surface area (Å²) in [5.74, 6) is 1.28. The Kier molecular flexibility index (Phi) is 2.97. The lowest BCUT2D eigenvalue weighted by atomic mass is 10.1. The predicted octanol–water partition coefficient (Wildman–Crippen LogP) is 0.0318. The average molecular weight is 264 g/mol. The highest BCUT2D eigenvalue weighted by molar-refractivity contribution is 5.79. The van der Waals surface area contributed by atoms with E-state index in [1.54, 1.807) is 0 Å². The van der Waals surface area contributed by atoms with E-state index in [-0.39, 0.29) is 12.5 Å². The number of rotatable bonds is 2. The van der Waals surface area contributed by atoms with E-state index >= 15 is 0 Å². The van der Waals surface area contributed by atoms with Gasteiger partial charge >= 0.3 is 0 Å². The van der Waals surface area contributed by atoms with Crippen LogP contribution in [0.2, 0.25) is 0 Å². The van der Waals surface area contributed by atoms with E-state index in [0.717, 1.165) is 43.1 Å². The van der Waals surface area contributed by atoms with Crippen molar-refractivity contribution < 1.29 is 9.90 Å². The van der Waals surface area contributed by atoms with Gasteiger partial charge in [0.2, 0.25) is 5.91 Å². The molecule has 3 rings (SSSR count). The van der Waals surface area contributed by atoms with Gasteiger partial charge in [-0.25, -0.2) is 0 Å². The van der Waals surface area contributed by atoms with Crippen LogP contribution in [0.5, 0.6) is 0 Å². The number of nitrogens with zero attached hydrogens (tertiary/aromatic N) is 4. The molecule has 3 heterocycles. The second-order valence-corrected chi connectivity index (χ2v) is 5.39. The van der Waals surface area contributed by atoms with Crippen LogP contribution in [0.3, 0.4) is 0 Å². The molecule has 2 aliphatic rings. The smallest absolute Gasteiger partial charge is 0.223 e. The number of aromatic nitrogens is 2. The van der Waals surface area contributed by atoms with Crippen molar-refractivity contribution in [3.63, 3.8) is 0 Å². The highest BCUT2D eigenvalue weighted by atomic mass is 16.3. The van der Waals surface area contributed by atoms with Crippen molar-refractivity contribution in [3.8, 4) is 0 Å². The summed E-state index contributed by atoms with van der Waals surface area (Å²) in [7, 11) is 1.91. The second kappa shape index (κ2) is 4.52. The molecule has 0 spiro atoms. The minimum absolute atomic E-state index is 0.0127. The molecule has 0 saturated carbocycles. The molecule has 2 aliphatic heterocycles. The molecule has 1 atom stereocenters. The maximum Gasteiger partial charge on any atom is 0.223 e. The Hall–Kier alpha value is -1.56. The van der Waals surface area contributed by atoms with Crippen molar-refractivity contribution in [2.75, 3.05) is 24.5 Å². The minimum Gasteiger partial charge on any atom is -0.391 e. The summed E-state index contributed by atoms with van der Waals surface area (Å²) < 4.78 is 1.84. The number of piperazine rings is 1. The van der Waals surface area contributed by atoms with E-state index in [4.69, 9.17) is 0 Å². The Bertz CT molecular complexity index is 511. The van der Waals surface area contributed by atoms with Crippen LogP contribution in [0.4, 0.5) is 5.82 Å². The summed E-state index contributed by atoms with van der Waals surface area (Å²) in [6, 6.07) is 0.322. The fourth-order valence-electron chi connectivity index (χ4n) is 3.33. The summed E-state index contributed by atoms with van der Waals surface area (Å²) >= 11 is 0. The summed E-state index contributed by atoms with van der Waals surface area (Å²) in [6.45, 7) is 4.37. The molecular weight excluding hydrogens is 244 g/mol. The third kappa shape index (κ3) is 1.90. The normalized spacial score (nSPS) is 23.1. The van der Waals surface area contributed by atoms with Crippen LogP contribution in [0.15, 0.2) is 0 Å². The van der Waals surface area contributed by atoms with Gasteiger partial charge in [-0.3, -0.25) is 9.48 Å². The SMILES string of the molecule is Cc1nn(C)c(N2CCN3C(=O)CCC3C2)c1CO. The van der Waals surface area contributed by atoms with Crippen molar-refractivity contribution in [2.24, 2.45) is 7.05 Å². The Morgan fingerprint density at radius 2 is 2.21 bits per heavy atom. The molecule has 1 N–H and O–H groups in total. The molecular formula is C13H20N4O2. The number of carbonyl (C=O) groups excluding carboxylic acids is 1. The third-order valence-electron chi connectivity index (χ3n) is 4.27. The van der Waals surface area contributed by atoms with E-state index in [2.05, 4.69) is 10.00 Å². The number of amides is 1. The van der Waals surface area contributed by atoms with E-state index in [0.29, 0.717) is 12.5 Å². The molecule has 19 heavy (non-hydrogen) atoms. The summed E-state index contributed by atoms with van der Waals surface area (Å²) in [6.07, 6.45) is 1.62. The van der Waals surface area contributed by atoms with Crippen LogP contribution in [0.25, 0.3) is 0 Å². The number of hydrogen-bond donors (Lipinski definition) is 1. The van der Waals surface area contributed by atoms with Gasteiger partial charge in [0.05, 0.1) is 12.3 Å². The quantitative estimate of drug-likeness (QED) is 0.819. The standard InChI is InChI=1S/C13H20N4O2/c1-9-11(8-18)13(15(2)14-9)16-5-6-17-10(7-16)3-4-12(17)19/h10,18H,3-8H2,1-2H3. The maximum absolute atomic E-state index is 11.7. The molecule has 1 unspecified atom stereocenters. The Labute approximate surface area is 112 Å². The summed E-state index contributed by atoms with van der Waals surface area (Å²) in [4.78, 5) is 15.9. The topological polar surface area (TPSA) is 61.6 Å². The van der Waals surface area contributed by atoms with Crippen LogP contribution < -0.4 is 4.90 Å². The van der Waals surface area contributed by atoms with Crippen LogP contribution in [-0.4, -0.2) is 51.4 Å². The van der Waals surface area contributed by atoms with Gasteiger partial charge < -0.3 is 14.9 Å². The highest BCUT2D eigenvalue weighted by Gasteiger charge is 2.36. The van der Waals surface area contributed by atoms with Crippen molar-refractivity contribution in [3.05, 3.63) is 11.3 Å². The molecule has 0 radical (unpaired) electrons. The van der Waals surface area contributed by atoms with Crippen molar-refractivity contribution in [1.82, 2.24) is 14.7 Å². The van der Waals surface area contributed by atoms with Gasteiger partial charge in [0.15, 0.2) is 0 Å². The van der Waals surface area contributed by atoms with E-state index < -0.39 is 0 Å². The number of aliphatic hydroxyl groups is 1. The molecule has 1 aromatic heterocycles. The van der Waals surface area contributed by atoms with Crippen molar-refractivity contribution in [2.45, 2.75) is 32.4 Å². The zero-order valence-electron chi connectivity index (χ0n) is 11.5. The molecule has 2 saturated heterocycles. The average Bonchev–Trinajstić information content (AvgIpc) is 2.89. The largest absolute Gasteiger partial charge is 0.391 e. The maximum atomic E-state index is 11.7. The molecule has 6 nitrogen and oxygen atoms in total. The van der Waals surface area contributed by atoms with E-state index in [9.17, 15) is 9.90 Å². The first-order chi connectivity index (χ1) is 9.11. The zero-order valence-corrected chi connectivity index (χ0v) is 11.5. The van der Waals surface area contributed by atoms with E-state index in [1.807, 2.05) is 23.6 Å². The van der Waals surface area contributed by atoms with Gasteiger partial charge in [0.25, 0.3) is 0 Å². The molecule has 1 amide bonds. The fraction of sp³-hybridized carbons (Fsp3) is 0.692. The van der Waals surface area contributed by atoms with Gasteiger partial charge in [-0.1, -0.05) is 0 Å². The third-order valence-corrected chi connectivity index (χ3v) is 4.27. The lowest BCUT2D eigenvalue weighted by molar-refractivity contribution is -0.129. The molecule has 6 heteroatoms. The predicted molar refractivity (Wildman–Crippen MR) is 70.8 cm³/mol. The zero-order chi connectivity index (χ0) is 13.6. The van der Waals surface area contributed by atoms with Crippen LogP contribution in [-0.2, 0) is 18.4 Å². The lowest BCUT2D eigenvalue weighted by Crippen LogP contribution is -2.52. The van der Waals surface area contributed by atoms with Gasteiger partial charge in [0, 0.05) is 44.7 Å². The van der Waals surface area contributed by atoms with Gasteiger partial charge in [0.1, 0.15) is 5.82 Å². The van der Waals surface area contributed by atoms with Gasteiger partial charge in [-0.05, 0) is 13.3 Å². The Balaban J connectivity index is 1.86. The molecule has 0 aliphatic carbocycles. The number of anilines is 1. The first kappa shape index (κ1) is 12.5. The monoisotopic (exact) mass is 264 g/mol. The van der Waals surface area contributed by atoms with Gasteiger partial charge in [-0.15, -0.1) is 0 Å². The molecule has 0 aromatic carbocycles. The number of carbonyl (C=O) groups is 1. The number of fused-ring (bicyclic) bond motifs is 1. The molecule has 2 fully saturated rings. The highest BCUT2D eigenvalue weighted by Crippen LogP contribution is 2.29. The Morgan fingerprint density at radius 1 is 1.42 bits per heavy atom. The van der Waals surface area contributed by atoms with E-state index in [1.165, 1.54) is 0 Å². The summed E-state index contributed by atoms with van der Waals surface area (Å²) in [5, 5.41) is 13.9. The van der Waals surface area contributed by atoms with Crippen LogP contribution >= 0.6 is 0 Å². The number of hydrogen-bond acceptors (Lipinski definition) is 4. The van der Waals surface area contributed by atoms with Crippen molar-refractivity contribution >= 4 is 11.7 Å². The first-order valence-electron chi connectivity index (χ1n) is 6.79. The molecule has 0 bridgehead atoms. The Morgan fingerprint density at radius 3 is 2.95 bits per heavy atom. The van der Waals surface area contributed by atoms with Crippen molar-refractivity contribution in [1.29, 1.82) is 0 Å². The molecule has 104 valence electrons. The summed E-state index contributed by atoms with van der Waals surface area (Å²) in [5.41, 5.74) is 1.78. The van der Waals surface area contributed by atoms with Crippen LogP contribution in [0, 0.1) is 6.92 Å². The second-order valence-electron chi connectivity index (χ2n) is 5.39. The number of aryl methyl sites for hydroxylation is 2. The minimum atomic E-state index is 0.0127. The van der Waals surface area contributed by atoms with Crippen LogP contribution in [0.1, 0.15) is 24.1 Å².